The van der Waals surface area contributed by atoms with E-state index in [0.29, 0.717) is 11.3 Å². The minimum Gasteiger partial charge on any atom is -0.436 e. The first-order valence-corrected chi connectivity index (χ1v) is 4.84. The number of nitrogen functional groups attached to an aromatic ring is 1. The summed E-state index contributed by atoms with van der Waals surface area (Å²) in [6.07, 6.45) is 1.18. The van der Waals surface area contributed by atoms with E-state index in [1.54, 1.807) is 6.92 Å². The van der Waals surface area contributed by atoms with E-state index < -0.39 is 5.82 Å². The average Bonchev–Trinajstić information content (AvgIpc) is 2.26. The molecule has 2 aromatic rings. The molecule has 3 N–H and O–H groups in total. The number of aromatic amines is 1. The molecule has 0 unspecified atom stereocenters. The summed E-state index contributed by atoms with van der Waals surface area (Å²) < 4.78 is 18.7. The Bertz CT molecular complexity index is 610. The summed E-state index contributed by atoms with van der Waals surface area (Å²) in [4.78, 5) is 17.1. The number of nitrogens with zero attached hydrogens (tertiary/aromatic N) is 1. The number of nitrogens with two attached hydrogens (primary N) is 1. The Morgan fingerprint density at radius 1 is 1.41 bits per heavy atom. The van der Waals surface area contributed by atoms with Crippen LogP contribution in [0.4, 0.5) is 10.1 Å². The van der Waals surface area contributed by atoms with Crippen molar-refractivity contribution >= 4 is 5.69 Å². The van der Waals surface area contributed by atoms with Crippen molar-refractivity contribution in [2.45, 2.75) is 6.92 Å². The summed E-state index contributed by atoms with van der Waals surface area (Å²) in [5, 5.41) is 0. The van der Waals surface area contributed by atoms with Gasteiger partial charge in [0.25, 0.3) is 5.56 Å². The van der Waals surface area contributed by atoms with Crippen molar-refractivity contribution in [3.63, 3.8) is 0 Å². The predicted molar refractivity (Wildman–Crippen MR) is 60.5 cm³/mol. The van der Waals surface area contributed by atoms with Crippen molar-refractivity contribution in [2.75, 3.05) is 5.73 Å². The molecular formula is C11H10FN3O2. The summed E-state index contributed by atoms with van der Waals surface area (Å²) in [6.45, 7) is 1.73. The van der Waals surface area contributed by atoms with Crippen molar-refractivity contribution in [3.05, 3.63) is 46.3 Å². The van der Waals surface area contributed by atoms with Crippen LogP contribution in [0.5, 0.6) is 11.6 Å². The molecule has 1 aromatic carbocycles. The van der Waals surface area contributed by atoms with Gasteiger partial charge in [-0.05, 0) is 18.6 Å². The van der Waals surface area contributed by atoms with Gasteiger partial charge in [0.05, 0.1) is 12.4 Å². The molecule has 1 heterocycles. The number of rotatable bonds is 2. The minimum absolute atomic E-state index is 0.0187. The van der Waals surface area contributed by atoms with Gasteiger partial charge in [-0.15, -0.1) is 0 Å². The maximum atomic E-state index is 13.5. The number of aryl methyl sites for hydroxylation is 1. The Hall–Kier alpha value is -2.37. The van der Waals surface area contributed by atoms with Crippen molar-refractivity contribution < 1.29 is 9.13 Å². The molecule has 0 saturated heterocycles. The summed E-state index contributed by atoms with van der Waals surface area (Å²) in [7, 11) is 0. The van der Waals surface area contributed by atoms with Gasteiger partial charge in [-0.1, -0.05) is 0 Å². The van der Waals surface area contributed by atoms with E-state index in [2.05, 4.69) is 9.97 Å². The maximum absolute atomic E-state index is 13.5. The van der Waals surface area contributed by atoms with Crippen molar-refractivity contribution in [1.82, 2.24) is 9.97 Å². The molecule has 0 bridgehead atoms. The van der Waals surface area contributed by atoms with Crippen LogP contribution in [-0.2, 0) is 0 Å². The van der Waals surface area contributed by atoms with Gasteiger partial charge in [-0.2, -0.15) is 0 Å². The molecule has 0 spiro atoms. The highest BCUT2D eigenvalue weighted by atomic mass is 19.1. The van der Waals surface area contributed by atoms with E-state index in [1.165, 1.54) is 12.4 Å². The molecule has 0 amide bonds. The zero-order chi connectivity index (χ0) is 12.4. The molecular weight excluding hydrogens is 225 g/mol. The van der Waals surface area contributed by atoms with Crippen LogP contribution in [0, 0.1) is 12.7 Å². The van der Waals surface area contributed by atoms with E-state index in [-0.39, 0.29) is 17.2 Å². The molecule has 0 atom stereocenters. The summed E-state index contributed by atoms with van der Waals surface area (Å²) in [5.41, 5.74) is 6.20. The SMILES string of the molecule is Cc1cc(Oc2cc(=O)[nH]cn2)c(F)cc1N. The largest absolute Gasteiger partial charge is 0.436 e. The van der Waals surface area contributed by atoms with Gasteiger partial charge in [0.1, 0.15) is 0 Å². The smallest absolute Gasteiger partial charge is 0.254 e. The Labute approximate surface area is 96.1 Å². The summed E-state index contributed by atoms with van der Waals surface area (Å²) in [5.74, 6) is -0.596. The first kappa shape index (κ1) is 11.1. The lowest BCUT2D eigenvalue weighted by Crippen LogP contribution is -2.05. The first-order valence-electron chi connectivity index (χ1n) is 4.84. The molecule has 6 heteroatoms. The molecule has 17 heavy (non-hydrogen) atoms. The fourth-order valence-electron chi connectivity index (χ4n) is 1.27. The molecule has 0 saturated carbocycles. The number of hydrogen-bond acceptors (Lipinski definition) is 4. The third kappa shape index (κ3) is 2.41. The highest BCUT2D eigenvalue weighted by Crippen LogP contribution is 2.26. The number of ether oxygens (including phenoxy) is 1. The van der Waals surface area contributed by atoms with Crippen LogP contribution in [-0.4, -0.2) is 9.97 Å². The van der Waals surface area contributed by atoms with Crippen LogP contribution in [0.1, 0.15) is 5.56 Å². The molecule has 0 aliphatic carbocycles. The predicted octanol–water partition coefficient (Wildman–Crippen LogP) is 1.59. The molecule has 0 aliphatic rings. The van der Waals surface area contributed by atoms with Crippen molar-refractivity contribution in [1.29, 1.82) is 0 Å². The highest BCUT2D eigenvalue weighted by molar-refractivity contribution is 5.50. The van der Waals surface area contributed by atoms with E-state index in [0.717, 1.165) is 12.1 Å². The van der Waals surface area contributed by atoms with Gasteiger partial charge in [0.2, 0.25) is 5.88 Å². The van der Waals surface area contributed by atoms with E-state index in [9.17, 15) is 9.18 Å². The van der Waals surface area contributed by atoms with E-state index in [4.69, 9.17) is 10.5 Å². The van der Waals surface area contributed by atoms with Crippen molar-refractivity contribution in [2.24, 2.45) is 0 Å². The van der Waals surface area contributed by atoms with Crippen LogP contribution in [0.2, 0.25) is 0 Å². The lowest BCUT2D eigenvalue weighted by atomic mass is 10.2. The molecule has 0 fully saturated rings. The topological polar surface area (TPSA) is 81.0 Å². The molecule has 1 aromatic heterocycles. The Balaban J connectivity index is 2.36. The normalized spacial score (nSPS) is 10.2. The van der Waals surface area contributed by atoms with Gasteiger partial charge in [-0.25, -0.2) is 9.37 Å². The zero-order valence-electron chi connectivity index (χ0n) is 9.03. The molecule has 2 rings (SSSR count). The number of hydrogen-bond donors (Lipinski definition) is 2. The number of nitrogens with one attached hydrogen (secondary N) is 1. The molecule has 0 aliphatic heterocycles. The van der Waals surface area contributed by atoms with Crippen molar-refractivity contribution in [3.8, 4) is 11.6 Å². The summed E-state index contributed by atoms with van der Waals surface area (Å²) >= 11 is 0. The second-order valence-electron chi connectivity index (χ2n) is 3.49. The Morgan fingerprint density at radius 2 is 2.18 bits per heavy atom. The number of anilines is 1. The molecule has 0 radical (unpaired) electrons. The highest BCUT2D eigenvalue weighted by Gasteiger charge is 2.08. The molecule has 5 nitrogen and oxygen atoms in total. The second-order valence-corrected chi connectivity index (χ2v) is 3.49. The maximum Gasteiger partial charge on any atom is 0.254 e. The Kier molecular flexibility index (Phi) is 2.78. The van der Waals surface area contributed by atoms with Gasteiger partial charge < -0.3 is 15.5 Å². The number of H-pyrrole nitrogens is 1. The Morgan fingerprint density at radius 3 is 2.88 bits per heavy atom. The quantitative estimate of drug-likeness (QED) is 0.774. The number of halogens is 1. The third-order valence-electron chi connectivity index (χ3n) is 2.19. The monoisotopic (exact) mass is 235 g/mol. The fraction of sp³-hybridized carbons (Fsp3) is 0.0909. The van der Waals surface area contributed by atoms with Crippen LogP contribution >= 0.6 is 0 Å². The third-order valence-corrected chi connectivity index (χ3v) is 2.19. The zero-order valence-corrected chi connectivity index (χ0v) is 9.03. The summed E-state index contributed by atoms with van der Waals surface area (Å²) in [6, 6.07) is 3.75. The lowest BCUT2D eigenvalue weighted by molar-refractivity contribution is 0.425. The first-order chi connectivity index (χ1) is 8.06. The van der Waals surface area contributed by atoms with Gasteiger partial charge in [-0.3, -0.25) is 4.79 Å². The van der Waals surface area contributed by atoms with E-state index in [1.807, 2.05) is 0 Å². The standard InChI is InChI=1S/C11H10FN3O2/c1-6-2-9(7(12)3-8(6)13)17-11-4-10(16)14-5-15-11/h2-5H,13H2,1H3,(H,14,15,16). The molecule has 88 valence electrons. The fourth-order valence-corrected chi connectivity index (χ4v) is 1.27. The van der Waals surface area contributed by atoms with E-state index >= 15 is 0 Å². The van der Waals surface area contributed by atoms with Crippen LogP contribution < -0.4 is 16.0 Å². The van der Waals surface area contributed by atoms with Gasteiger partial charge in [0, 0.05) is 11.8 Å². The average molecular weight is 235 g/mol. The van der Waals surface area contributed by atoms with Crippen LogP contribution in [0.25, 0.3) is 0 Å². The second kappa shape index (κ2) is 4.25. The lowest BCUT2D eigenvalue weighted by Gasteiger charge is -2.07. The minimum atomic E-state index is -0.602. The number of aromatic nitrogens is 2. The van der Waals surface area contributed by atoms with Crippen LogP contribution in [0.3, 0.4) is 0 Å². The van der Waals surface area contributed by atoms with Gasteiger partial charge >= 0.3 is 0 Å². The van der Waals surface area contributed by atoms with Gasteiger partial charge in [0.15, 0.2) is 11.6 Å². The number of benzene rings is 1. The van der Waals surface area contributed by atoms with Crippen LogP contribution in [0.15, 0.2) is 29.3 Å².